The van der Waals surface area contributed by atoms with Crippen LogP contribution in [0, 0.1) is 40.9 Å². The van der Waals surface area contributed by atoms with Gasteiger partial charge < -0.3 is 4.74 Å². The molecule has 128 valence electrons. The molecule has 0 aromatic rings. The van der Waals surface area contributed by atoms with E-state index in [2.05, 4.69) is 6.92 Å². The van der Waals surface area contributed by atoms with Crippen LogP contribution in [0.2, 0.25) is 0 Å². The number of hydrogen-bond donors (Lipinski definition) is 0. The van der Waals surface area contributed by atoms with Crippen molar-refractivity contribution in [2.24, 2.45) is 40.9 Å². The molecule has 5 rings (SSSR count). The van der Waals surface area contributed by atoms with Gasteiger partial charge in [-0.3, -0.25) is 4.79 Å². The molecule has 23 heavy (non-hydrogen) atoms. The number of carbonyl (C=O) groups is 1. The minimum Gasteiger partial charge on any atom is -0.370 e. The third-order valence-electron chi connectivity index (χ3n) is 9.13. The first kappa shape index (κ1) is 14.9. The Morgan fingerprint density at radius 1 is 0.957 bits per heavy atom. The van der Waals surface area contributed by atoms with Crippen LogP contribution < -0.4 is 0 Å². The second-order valence-electron chi connectivity index (χ2n) is 9.94. The van der Waals surface area contributed by atoms with Crippen molar-refractivity contribution in [2.45, 2.75) is 77.2 Å². The summed E-state index contributed by atoms with van der Waals surface area (Å²) in [5, 5.41) is 0. The van der Waals surface area contributed by atoms with Gasteiger partial charge in [-0.1, -0.05) is 6.92 Å². The second-order valence-corrected chi connectivity index (χ2v) is 9.94. The third kappa shape index (κ3) is 2.06. The first-order valence-corrected chi connectivity index (χ1v) is 10.2. The van der Waals surface area contributed by atoms with Crippen LogP contribution in [0.3, 0.4) is 0 Å². The lowest BCUT2D eigenvalue weighted by Crippen LogP contribution is -2.49. The molecule has 1 heterocycles. The number of fused-ring (bicyclic) bond motifs is 5. The van der Waals surface area contributed by atoms with E-state index in [1.807, 2.05) is 6.92 Å². The number of rotatable bonds is 1. The van der Waals surface area contributed by atoms with Crippen LogP contribution in [0.5, 0.6) is 0 Å². The average molecular weight is 316 g/mol. The zero-order chi connectivity index (χ0) is 15.8. The summed E-state index contributed by atoms with van der Waals surface area (Å²) in [5.41, 5.74) is 0.666. The summed E-state index contributed by atoms with van der Waals surface area (Å²) in [6, 6.07) is 0. The number of ether oxygens (including phenoxy) is 1. The van der Waals surface area contributed by atoms with Crippen LogP contribution >= 0.6 is 0 Å². The van der Waals surface area contributed by atoms with Crippen LogP contribution in [0.4, 0.5) is 0 Å². The van der Waals surface area contributed by atoms with E-state index in [-0.39, 0.29) is 0 Å². The van der Waals surface area contributed by atoms with Crippen molar-refractivity contribution in [3.05, 3.63) is 0 Å². The quantitative estimate of drug-likeness (QED) is 0.661. The molecule has 4 saturated carbocycles. The van der Waals surface area contributed by atoms with Crippen LogP contribution in [0.15, 0.2) is 0 Å². The maximum atomic E-state index is 12.2. The Balaban J connectivity index is 1.38. The Morgan fingerprint density at radius 2 is 1.74 bits per heavy atom. The van der Waals surface area contributed by atoms with Gasteiger partial charge in [-0.05, 0) is 99.7 Å². The van der Waals surface area contributed by atoms with Crippen LogP contribution in [0.25, 0.3) is 0 Å². The molecular weight excluding hydrogens is 284 g/mol. The Bertz CT molecular complexity index is 522. The van der Waals surface area contributed by atoms with E-state index in [1.165, 1.54) is 57.8 Å². The predicted octanol–water partition coefficient (Wildman–Crippen LogP) is 4.61. The van der Waals surface area contributed by atoms with E-state index in [0.717, 1.165) is 36.2 Å². The molecule has 4 aliphatic carbocycles. The summed E-state index contributed by atoms with van der Waals surface area (Å²) in [6.45, 7) is 5.36. The first-order chi connectivity index (χ1) is 11.0. The summed E-state index contributed by atoms with van der Waals surface area (Å²) in [6.07, 6.45) is 12.2. The number of ketones is 1. The van der Waals surface area contributed by atoms with Crippen molar-refractivity contribution in [1.82, 2.24) is 0 Å². The Hall–Kier alpha value is -0.370. The summed E-state index contributed by atoms with van der Waals surface area (Å²) < 4.78 is 5.81. The topological polar surface area (TPSA) is 29.6 Å². The Morgan fingerprint density at radius 3 is 2.48 bits per heavy atom. The maximum Gasteiger partial charge on any atom is 0.133 e. The first-order valence-electron chi connectivity index (χ1n) is 10.2. The smallest absolute Gasteiger partial charge is 0.133 e. The van der Waals surface area contributed by atoms with Gasteiger partial charge in [-0.2, -0.15) is 0 Å². The molecule has 0 aromatic heterocycles. The molecular formula is C21H32O2. The normalized spacial score (nSPS) is 57.5. The summed E-state index contributed by atoms with van der Waals surface area (Å²) in [7, 11) is 0. The summed E-state index contributed by atoms with van der Waals surface area (Å²) in [4.78, 5) is 12.2. The monoisotopic (exact) mass is 316 g/mol. The predicted molar refractivity (Wildman–Crippen MR) is 90.0 cm³/mol. The van der Waals surface area contributed by atoms with E-state index in [4.69, 9.17) is 4.74 Å². The molecule has 0 aromatic carbocycles. The number of epoxide rings is 1. The van der Waals surface area contributed by atoms with Crippen molar-refractivity contribution in [3.63, 3.8) is 0 Å². The molecule has 8 atom stereocenters. The third-order valence-corrected chi connectivity index (χ3v) is 9.13. The van der Waals surface area contributed by atoms with E-state index in [1.54, 1.807) is 0 Å². The molecule has 0 radical (unpaired) electrons. The minimum atomic E-state index is 0.329. The van der Waals surface area contributed by atoms with Gasteiger partial charge in [0.2, 0.25) is 0 Å². The van der Waals surface area contributed by atoms with Crippen molar-refractivity contribution in [1.29, 1.82) is 0 Å². The lowest BCUT2D eigenvalue weighted by Gasteiger charge is -2.56. The summed E-state index contributed by atoms with van der Waals surface area (Å²) in [5.74, 6) is 5.48. The zero-order valence-corrected chi connectivity index (χ0v) is 14.9. The van der Waals surface area contributed by atoms with Gasteiger partial charge in [-0.15, -0.1) is 0 Å². The van der Waals surface area contributed by atoms with E-state index >= 15 is 0 Å². The van der Waals surface area contributed by atoms with Crippen molar-refractivity contribution in [3.8, 4) is 0 Å². The molecule has 0 N–H and O–H groups in total. The second kappa shape index (κ2) is 4.84. The van der Waals surface area contributed by atoms with Crippen molar-refractivity contribution < 1.29 is 9.53 Å². The highest BCUT2D eigenvalue weighted by atomic mass is 16.6. The van der Waals surface area contributed by atoms with Gasteiger partial charge in [-0.25, -0.2) is 0 Å². The Labute approximate surface area is 140 Å². The van der Waals surface area contributed by atoms with E-state index < -0.39 is 0 Å². The van der Waals surface area contributed by atoms with E-state index in [0.29, 0.717) is 22.7 Å². The highest BCUT2D eigenvalue weighted by molar-refractivity contribution is 5.79. The minimum absolute atomic E-state index is 0.329. The van der Waals surface area contributed by atoms with Crippen LogP contribution in [-0.2, 0) is 9.53 Å². The number of carbonyl (C=O) groups excluding carboxylic acids is 1. The van der Waals surface area contributed by atoms with E-state index in [9.17, 15) is 4.79 Å². The lowest BCUT2D eigenvalue weighted by atomic mass is 9.49. The molecule has 1 aliphatic heterocycles. The molecule has 5 fully saturated rings. The SMILES string of the molecule is CC(=O)[C@H]1CC[C@H]2[C@@H]3CC[C@H]4CC5(CC[C@@H]4[C@H]3CC[C@]12C)CO5. The highest BCUT2D eigenvalue weighted by Gasteiger charge is 2.60. The number of hydrogen-bond acceptors (Lipinski definition) is 2. The largest absolute Gasteiger partial charge is 0.370 e. The molecule has 2 heteroatoms. The highest BCUT2D eigenvalue weighted by Crippen LogP contribution is 2.65. The van der Waals surface area contributed by atoms with Crippen LogP contribution in [0.1, 0.15) is 71.6 Å². The van der Waals surface area contributed by atoms with Crippen LogP contribution in [-0.4, -0.2) is 18.0 Å². The van der Waals surface area contributed by atoms with Gasteiger partial charge >= 0.3 is 0 Å². The van der Waals surface area contributed by atoms with Gasteiger partial charge in [0, 0.05) is 5.92 Å². The van der Waals surface area contributed by atoms with Gasteiger partial charge in [0.25, 0.3) is 0 Å². The van der Waals surface area contributed by atoms with Gasteiger partial charge in [0.15, 0.2) is 0 Å². The fourth-order valence-electron chi connectivity index (χ4n) is 7.98. The maximum absolute atomic E-state index is 12.2. The fraction of sp³-hybridized carbons (Fsp3) is 0.952. The molecule has 1 unspecified atom stereocenters. The molecule has 2 nitrogen and oxygen atoms in total. The molecule has 1 spiro atoms. The standard InChI is InChI=1S/C21H32O2/c1-13(22)18-5-6-19-17-4-3-14-11-21(12-23-21)10-8-15(14)16(17)7-9-20(18,19)2/h14-19H,3-12H2,1-2H3/t14-,15-,16+,17+,18+,19-,20+,21?/m0/s1. The van der Waals surface area contributed by atoms with Gasteiger partial charge in [0.1, 0.15) is 5.78 Å². The molecule has 5 aliphatic rings. The van der Waals surface area contributed by atoms with Crippen molar-refractivity contribution in [2.75, 3.05) is 6.61 Å². The van der Waals surface area contributed by atoms with Gasteiger partial charge in [0.05, 0.1) is 12.2 Å². The van der Waals surface area contributed by atoms with Crippen molar-refractivity contribution >= 4 is 5.78 Å². The lowest BCUT2D eigenvalue weighted by molar-refractivity contribution is -0.128. The molecule has 0 amide bonds. The molecule has 0 bridgehead atoms. The fourth-order valence-corrected chi connectivity index (χ4v) is 7.98. The summed E-state index contributed by atoms with van der Waals surface area (Å²) >= 11 is 0. The number of Topliss-reactive ketones (excluding diaryl/α,β-unsaturated/α-hetero) is 1. The molecule has 1 saturated heterocycles. The average Bonchev–Trinajstić information content (AvgIpc) is 3.16. The zero-order valence-electron chi connectivity index (χ0n) is 14.9. The Kier molecular flexibility index (Phi) is 3.14.